The Morgan fingerprint density at radius 2 is 1.71 bits per heavy atom. The number of hydrogen-bond acceptors (Lipinski definition) is 7. The fourth-order valence-electron chi connectivity index (χ4n) is 5.20. The summed E-state index contributed by atoms with van der Waals surface area (Å²) < 4.78 is 5.24. The summed E-state index contributed by atoms with van der Waals surface area (Å²) in [6, 6.07) is 17.1. The van der Waals surface area contributed by atoms with Gasteiger partial charge in [0, 0.05) is 28.3 Å². The number of anilines is 1. The first kappa shape index (κ1) is 22.3. The molecule has 0 aromatic heterocycles. The lowest BCUT2D eigenvalue weighted by molar-refractivity contribution is -0.524. The molecule has 1 fully saturated rings. The molecule has 9 heteroatoms. The van der Waals surface area contributed by atoms with Crippen LogP contribution in [0, 0.1) is 20.2 Å². The zero-order valence-corrected chi connectivity index (χ0v) is 18.7. The third-order valence-corrected chi connectivity index (χ3v) is 6.72. The highest BCUT2D eigenvalue weighted by molar-refractivity contribution is 6.04. The van der Waals surface area contributed by atoms with Crippen LogP contribution in [0.5, 0.6) is 5.75 Å². The van der Waals surface area contributed by atoms with Crippen molar-refractivity contribution in [3.05, 3.63) is 116 Å². The van der Waals surface area contributed by atoms with Crippen LogP contribution in [0.1, 0.15) is 27.4 Å². The molecule has 0 N–H and O–H groups in total. The number of nitro groups is 2. The van der Waals surface area contributed by atoms with Crippen molar-refractivity contribution in [3.63, 3.8) is 0 Å². The SMILES string of the molecule is COc1ccc([C@H]2[C@H]([N+](=O)[O-])[C@H]3C=Cc4ccccc4N3[C@@H]2C(=O)c2cccc([N+](=O)[O-])c2)cc1. The normalized spacial score (nSPS) is 22.3. The van der Waals surface area contributed by atoms with Crippen molar-refractivity contribution in [1.29, 1.82) is 0 Å². The number of Topliss-reactive ketones (excluding diaryl/α,β-unsaturated/α-hetero) is 1. The van der Waals surface area contributed by atoms with Crippen molar-refractivity contribution in [1.82, 2.24) is 0 Å². The lowest BCUT2D eigenvalue weighted by Crippen LogP contribution is -2.44. The van der Waals surface area contributed by atoms with Gasteiger partial charge in [0.2, 0.25) is 6.04 Å². The first-order valence-corrected chi connectivity index (χ1v) is 11.0. The number of benzene rings is 3. The second kappa shape index (κ2) is 8.68. The maximum Gasteiger partial charge on any atom is 0.270 e. The van der Waals surface area contributed by atoms with Gasteiger partial charge >= 0.3 is 0 Å². The van der Waals surface area contributed by atoms with Gasteiger partial charge < -0.3 is 9.64 Å². The van der Waals surface area contributed by atoms with Crippen LogP contribution in [0.3, 0.4) is 0 Å². The van der Waals surface area contributed by atoms with Gasteiger partial charge in [-0.1, -0.05) is 54.6 Å². The molecule has 2 heterocycles. The molecule has 176 valence electrons. The van der Waals surface area contributed by atoms with Gasteiger partial charge in [0.15, 0.2) is 5.78 Å². The maximum atomic E-state index is 14.0. The first-order valence-electron chi connectivity index (χ1n) is 11.0. The molecule has 2 aliphatic rings. The fraction of sp³-hybridized carbons (Fsp3) is 0.192. The highest BCUT2D eigenvalue weighted by Gasteiger charge is 2.59. The van der Waals surface area contributed by atoms with Crippen LogP contribution in [0.15, 0.2) is 78.9 Å². The van der Waals surface area contributed by atoms with E-state index in [1.165, 1.54) is 31.4 Å². The third-order valence-electron chi connectivity index (χ3n) is 6.72. The van der Waals surface area contributed by atoms with E-state index in [1.807, 2.05) is 30.3 Å². The Hall–Kier alpha value is -4.53. The minimum Gasteiger partial charge on any atom is -0.497 e. The van der Waals surface area contributed by atoms with Crippen LogP contribution in [0.2, 0.25) is 0 Å². The number of methoxy groups -OCH3 is 1. The molecule has 0 bridgehead atoms. The molecular weight excluding hydrogens is 450 g/mol. The van der Waals surface area contributed by atoms with E-state index < -0.39 is 34.7 Å². The number of hydrogen-bond donors (Lipinski definition) is 0. The molecule has 1 saturated heterocycles. The molecule has 5 rings (SSSR count). The van der Waals surface area contributed by atoms with Crippen LogP contribution in [-0.4, -0.2) is 40.9 Å². The number of carbonyl (C=O) groups is 1. The zero-order chi connectivity index (χ0) is 24.7. The number of fused-ring (bicyclic) bond motifs is 3. The average molecular weight is 471 g/mol. The van der Waals surface area contributed by atoms with Crippen molar-refractivity contribution in [2.45, 2.75) is 24.0 Å². The summed E-state index contributed by atoms with van der Waals surface area (Å²) >= 11 is 0. The minimum absolute atomic E-state index is 0.137. The molecule has 0 saturated carbocycles. The molecule has 3 aromatic carbocycles. The highest BCUT2D eigenvalue weighted by atomic mass is 16.6. The lowest BCUT2D eigenvalue weighted by atomic mass is 9.83. The number of ether oxygens (including phenoxy) is 1. The van der Waals surface area contributed by atoms with E-state index in [0.717, 1.165) is 5.56 Å². The summed E-state index contributed by atoms with van der Waals surface area (Å²) in [5, 5.41) is 23.8. The number of carbonyl (C=O) groups excluding carboxylic acids is 1. The summed E-state index contributed by atoms with van der Waals surface area (Å²) in [5.41, 5.74) is 2.11. The number of ketones is 1. The Bertz CT molecular complexity index is 1350. The van der Waals surface area contributed by atoms with Crippen LogP contribution < -0.4 is 9.64 Å². The molecular formula is C26H21N3O6. The molecule has 35 heavy (non-hydrogen) atoms. The molecule has 0 amide bonds. The van der Waals surface area contributed by atoms with Gasteiger partial charge in [-0.15, -0.1) is 0 Å². The Labute approximate surface area is 200 Å². The van der Waals surface area contributed by atoms with Gasteiger partial charge in [-0.05, 0) is 29.3 Å². The quantitative estimate of drug-likeness (QED) is 0.295. The van der Waals surface area contributed by atoms with E-state index in [-0.39, 0.29) is 16.2 Å². The summed E-state index contributed by atoms with van der Waals surface area (Å²) in [7, 11) is 1.53. The standard InChI is InChI=1S/C26H21N3O6/c1-35-20-12-9-17(10-13-20)23-24(29(33)34)22-14-11-16-5-2-3-8-21(16)27(22)25(23)26(30)18-6-4-7-19(15-18)28(31)32/h2-15,22-25H,1H3/t22-,23+,24-,25+/m1/s1. The monoisotopic (exact) mass is 471 g/mol. The Morgan fingerprint density at radius 3 is 2.40 bits per heavy atom. The van der Waals surface area contributed by atoms with Gasteiger partial charge in [-0.3, -0.25) is 25.0 Å². The van der Waals surface area contributed by atoms with Crippen molar-refractivity contribution >= 4 is 23.2 Å². The number of nitro benzene ring substituents is 1. The Kier molecular flexibility index (Phi) is 5.52. The van der Waals surface area contributed by atoms with Gasteiger partial charge in [0.1, 0.15) is 17.8 Å². The Balaban J connectivity index is 1.70. The number of para-hydroxylation sites is 1. The van der Waals surface area contributed by atoms with Crippen LogP contribution >= 0.6 is 0 Å². The lowest BCUT2D eigenvalue weighted by Gasteiger charge is -2.34. The predicted octanol–water partition coefficient (Wildman–Crippen LogP) is 4.50. The molecule has 0 spiro atoms. The molecule has 0 radical (unpaired) electrons. The average Bonchev–Trinajstić information content (AvgIpc) is 3.24. The van der Waals surface area contributed by atoms with E-state index in [1.54, 1.807) is 35.2 Å². The Morgan fingerprint density at radius 1 is 0.971 bits per heavy atom. The molecule has 0 aliphatic carbocycles. The second-order valence-corrected chi connectivity index (χ2v) is 8.51. The van der Waals surface area contributed by atoms with Crippen molar-refractivity contribution < 1.29 is 19.4 Å². The summed E-state index contributed by atoms with van der Waals surface area (Å²) in [6.07, 6.45) is 3.62. The van der Waals surface area contributed by atoms with Crippen LogP contribution in [0.25, 0.3) is 6.08 Å². The van der Waals surface area contributed by atoms with Gasteiger partial charge in [-0.25, -0.2) is 0 Å². The topological polar surface area (TPSA) is 116 Å². The van der Waals surface area contributed by atoms with Crippen molar-refractivity contribution in [2.24, 2.45) is 0 Å². The smallest absolute Gasteiger partial charge is 0.270 e. The molecule has 9 nitrogen and oxygen atoms in total. The third kappa shape index (κ3) is 3.71. The highest BCUT2D eigenvalue weighted by Crippen LogP contribution is 2.47. The summed E-state index contributed by atoms with van der Waals surface area (Å²) in [5.74, 6) is -0.619. The fourth-order valence-corrected chi connectivity index (χ4v) is 5.20. The number of non-ortho nitro benzene ring substituents is 1. The largest absolute Gasteiger partial charge is 0.497 e. The van der Waals surface area contributed by atoms with E-state index in [4.69, 9.17) is 4.74 Å². The first-order chi connectivity index (χ1) is 16.9. The van der Waals surface area contributed by atoms with Crippen LogP contribution in [0.4, 0.5) is 11.4 Å². The maximum absolute atomic E-state index is 14.0. The van der Waals surface area contributed by atoms with Crippen molar-refractivity contribution in [3.8, 4) is 5.75 Å². The van der Waals surface area contributed by atoms with Gasteiger partial charge in [0.25, 0.3) is 5.69 Å². The molecule has 3 aromatic rings. The number of rotatable bonds is 6. The van der Waals surface area contributed by atoms with Crippen molar-refractivity contribution in [2.75, 3.05) is 12.0 Å². The van der Waals surface area contributed by atoms with Gasteiger partial charge in [0.05, 0.1) is 18.0 Å². The van der Waals surface area contributed by atoms with E-state index >= 15 is 0 Å². The van der Waals surface area contributed by atoms with E-state index in [9.17, 15) is 25.0 Å². The summed E-state index contributed by atoms with van der Waals surface area (Å²) in [6.45, 7) is 0. The minimum atomic E-state index is -1.11. The van der Waals surface area contributed by atoms with E-state index in [0.29, 0.717) is 17.0 Å². The molecule has 2 aliphatic heterocycles. The number of nitrogens with zero attached hydrogens (tertiary/aromatic N) is 3. The second-order valence-electron chi connectivity index (χ2n) is 8.51. The predicted molar refractivity (Wildman–Crippen MR) is 129 cm³/mol. The zero-order valence-electron chi connectivity index (χ0n) is 18.7. The van der Waals surface area contributed by atoms with E-state index in [2.05, 4.69) is 0 Å². The summed E-state index contributed by atoms with van der Waals surface area (Å²) in [4.78, 5) is 38.7. The van der Waals surface area contributed by atoms with Gasteiger partial charge in [-0.2, -0.15) is 0 Å². The van der Waals surface area contributed by atoms with Crippen LogP contribution in [-0.2, 0) is 0 Å². The molecule has 0 unspecified atom stereocenters. The molecule has 4 atom stereocenters.